The first-order valence-corrected chi connectivity index (χ1v) is 40.0. The summed E-state index contributed by atoms with van der Waals surface area (Å²) in [6.07, 6.45) is 20.6. The van der Waals surface area contributed by atoms with Crippen molar-refractivity contribution in [2.75, 3.05) is 26.4 Å². The zero-order valence-electron chi connectivity index (χ0n) is 60.8. The fourth-order valence-corrected chi connectivity index (χ4v) is 29.8. The molecule has 99 heavy (non-hydrogen) atoms. The largest absolute Gasteiger partial charge is 0.390 e. The van der Waals surface area contributed by atoms with E-state index in [2.05, 4.69) is 20.8 Å². The lowest BCUT2D eigenvalue weighted by molar-refractivity contribution is -0.259. The minimum atomic E-state index is -2.70. The molecule has 560 valence electrons. The van der Waals surface area contributed by atoms with Crippen molar-refractivity contribution < 1.29 is 83.8 Å². The van der Waals surface area contributed by atoms with Crippen LogP contribution in [0.3, 0.4) is 0 Å². The molecule has 4 unspecified atom stereocenters. The summed E-state index contributed by atoms with van der Waals surface area (Å²) in [5.41, 5.74) is -3.49. The van der Waals surface area contributed by atoms with Crippen LogP contribution in [0, 0.1) is 146 Å². The SMILES string of the molecule is CC(=O)[C@H]1CC[C@H]2[C@@H]3CC(F)(F)C4C[C@](C)(O)CC[C@@H]4[C@H]3CC[C@]12C.C[C@@]1(O)CC[C@H]2C(C1)C(F)(F)C[C@@H]1[C@@H]2CC[C@@]2(C)[C@H]1CCC21OCCO1.C[C@@]1(O)CC[C@H]2C(C1)C(F)(F)C[C@@H]1[C@@H]2CC[C@]2(C)C(=O)CC[C@@H]12.C[C@]12CC[C@H]3[C@@H](CC(F)(F)C4CC(=O)CC[C@@H]43)[C@@H]1CCC21OCCO1. The summed E-state index contributed by atoms with van der Waals surface area (Å²) in [5.74, 6) is -11.1. The van der Waals surface area contributed by atoms with Gasteiger partial charge in [0.05, 0.1) is 43.2 Å². The Hall–Kier alpha value is -1.83. The van der Waals surface area contributed by atoms with Gasteiger partial charge in [0, 0.05) is 104 Å². The lowest BCUT2D eigenvalue weighted by Crippen LogP contribution is -2.59. The molecule has 2 saturated heterocycles. The molecule has 0 aromatic rings. The monoisotopic (exact) mass is 1400 g/mol. The number of carbonyl (C=O) groups excluding carboxylic acids is 3. The van der Waals surface area contributed by atoms with E-state index in [0.717, 1.165) is 109 Å². The molecule has 16 saturated carbocycles. The number of Topliss-reactive ketones (excluding diaryl/α,β-unsaturated/α-hetero) is 3. The van der Waals surface area contributed by atoms with E-state index in [1.807, 2.05) is 6.92 Å². The van der Waals surface area contributed by atoms with Gasteiger partial charge in [-0.25, -0.2) is 35.1 Å². The van der Waals surface area contributed by atoms with Gasteiger partial charge in [-0.3, -0.25) is 14.4 Å². The van der Waals surface area contributed by atoms with Crippen LogP contribution in [-0.2, 0) is 33.3 Å². The van der Waals surface area contributed by atoms with Gasteiger partial charge in [0.25, 0.3) is 23.7 Å². The van der Waals surface area contributed by atoms with Crippen molar-refractivity contribution in [3.63, 3.8) is 0 Å². The standard InChI is InChI=1S/C21H32F2O3.C21H32F2O2.C20H28F2O3.C19H28F2O2/c1-18(24)6-3-14-13-4-7-19(2)16(5-8-21(19)25-9-10-26-21)15(13)11-20(22,23)17(14)12-18;1-12(24)16-4-5-17-15-10-21(22,23)18-11-19(2,25)8-6-14(18)13(15)7-9-20(16,17)3;1-18-6-4-13-14-3-2-12(23)10-17(14)19(21,22)11-15(13)16(18)5-7-20(18)24-8-9-25-20;1-17(23)7-5-12-11-6-8-18(2)14(3-4-16(18)22)13(11)9-19(20,21)15(12)10-17/h13-17,24H,3-12H2,1-2H3;13-18,25H,4-11H2,1-3H3;13-17H,2-11H2,1H3;11-15,23H,3-10H2,1-2H3/t13-,14-,15-,16+,17?,18-,19+;13-,14-,15-,16-,17+,18?,19-,20-;13-,14-,15-,16+,17?,18+;11-,12-,13-,14+,15?,17-,18+/m1111/s1. The number of halogens is 8. The summed E-state index contributed by atoms with van der Waals surface area (Å²) in [6, 6.07) is 0. The van der Waals surface area contributed by atoms with Crippen LogP contribution in [0.4, 0.5) is 35.1 Å². The minimum Gasteiger partial charge on any atom is -0.390 e. The number of fused-ring (bicyclic) bond motifs is 22. The van der Waals surface area contributed by atoms with Crippen molar-refractivity contribution in [2.24, 2.45) is 146 Å². The van der Waals surface area contributed by atoms with Crippen molar-refractivity contribution in [1.29, 1.82) is 0 Å². The van der Waals surface area contributed by atoms with Gasteiger partial charge >= 0.3 is 0 Å². The average Bonchev–Trinajstić information content (AvgIpc) is 0.804. The molecule has 28 atom stereocenters. The maximum absolute atomic E-state index is 15.2. The van der Waals surface area contributed by atoms with E-state index in [1.54, 1.807) is 27.7 Å². The van der Waals surface area contributed by atoms with Crippen LogP contribution in [0.1, 0.15) is 261 Å². The Bertz CT molecular complexity index is 3070. The number of rotatable bonds is 1. The molecule has 2 aliphatic heterocycles. The molecule has 18 heteroatoms. The van der Waals surface area contributed by atoms with Crippen LogP contribution in [0.2, 0.25) is 0 Å². The molecule has 0 radical (unpaired) electrons. The molecule has 16 aliphatic carbocycles. The normalized spacial score (nSPS) is 53.5. The molecule has 18 aliphatic rings. The summed E-state index contributed by atoms with van der Waals surface area (Å²) in [4.78, 5) is 36.2. The number of hydrogen-bond donors (Lipinski definition) is 3. The summed E-state index contributed by atoms with van der Waals surface area (Å²) >= 11 is 0. The van der Waals surface area contributed by atoms with Gasteiger partial charge in [-0.15, -0.1) is 0 Å². The van der Waals surface area contributed by atoms with Crippen molar-refractivity contribution in [3.05, 3.63) is 0 Å². The summed E-state index contributed by atoms with van der Waals surface area (Å²) < 4.78 is 145. The van der Waals surface area contributed by atoms with Gasteiger partial charge in [-0.1, -0.05) is 27.7 Å². The van der Waals surface area contributed by atoms with Crippen LogP contribution in [0.5, 0.6) is 0 Å². The van der Waals surface area contributed by atoms with E-state index in [9.17, 15) is 38.5 Å². The fourth-order valence-electron chi connectivity index (χ4n) is 29.8. The van der Waals surface area contributed by atoms with Crippen LogP contribution >= 0.6 is 0 Å². The zero-order chi connectivity index (χ0) is 70.6. The second-order valence-electron chi connectivity index (χ2n) is 39.3. The predicted molar refractivity (Wildman–Crippen MR) is 355 cm³/mol. The third-order valence-corrected chi connectivity index (χ3v) is 34.5. The smallest absolute Gasteiger partial charge is 0.251 e. The molecular formula is C81H120F8O10. The number of alkyl halides is 8. The van der Waals surface area contributed by atoms with Crippen LogP contribution in [-0.4, -0.2) is 111 Å². The molecule has 10 nitrogen and oxygen atoms in total. The molecule has 2 spiro atoms. The third-order valence-electron chi connectivity index (χ3n) is 34.5. The molecule has 0 amide bonds. The molecule has 2 heterocycles. The Morgan fingerprint density at radius 3 is 1.14 bits per heavy atom. The van der Waals surface area contributed by atoms with Gasteiger partial charge in [-0.05, 0) is 275 Å². The highest BCUT2D eigenvalue weighted by molar-refractivity contribution is 5.87. The summed E-state index contributed by atoms with van der Waals surface area (Å²) in [5, 5.41) is 31.1. The second kappa shape index (κ2) is 24.6. The van der Waals surface area contributed by atoms with Crippen molar-refractivity contribution in [3.8, 4) is 0 Å². The van der Waals surface area contributed by atoms with Crippen LogP contribution in [0.15, 0.2) is 0 Å². The molecular weight excluding hydrogens is 1280 g/mol. The molecule has 3 N–H and O–H groups in total. The van der Waals surface area contributed by atoms with E-state index >= 15 is 26.3 Å². The first-order valence-electron chi connectivity index (χ1n) is 40.0. The zero-order valence-corrected chi connectivity index (χ0v) is 60.8. The topological polar surface area (TPSA) is 149 Å². The van der Waals surface area contributed by atoms with E-state index < -0.39 is 75.7 Å². The number of ether oxygens (including phenoxy) is 4. The molecule has 0 aromatic carbocycles. The number of ketones is 3. The Labute approximate surface area is 583 Å². The van der Waals surface area contributed by atoms with Crippen LogP contribution < -0.4 is 0 Å². The first kappa shape index (κ1) is 72.7. The summed E-state index contributed by atoms with van der Waals surface area (Å²) in [7, 11) is 0. The van der Waals surface area contributed by atoms with Gasteiger partial charge in [0.1, 0.15) is 17.3 Å². The number of hydrogen-bond acceptors (Lipinski definition) is 10. The van der Waals surface area contributed by atoms with Crippen molar-refractivity contribution in [2.45, 2.75) is 313 Å². The molecule has 18 rings (SSSR count). The van der Waals surface area contributed by atoms with E-state index in [0.29, 0.717) is 101 Å². The van der Waals surface area contributed by atoms with Crippen molar-refractivity contribution in [1.82, 2.24) is 0 Å². The predicted octanol–water partition coefficient (Wildman–Crippen LogP) is 17.6. The Kier molecular flexibility index (Phi) is 18.1. The fraction of sp³-hybridized carbons (Fsp3) is 0.963. The Morgan fingerprint density at radius 2 is 0.717 bits per heavy atom. The second-order valence-corrected chi connectivity index (χ2v) is 39.3. The minimum absolute atomic E-state index is 0.000464. The number of aliphatic hydroxyl groups is 3. The van der Waals surface area contributed by atoms with Gasteiger partial charge in [-0.2, -0.15) is 0 Å². The van der Waals surface area contributed by atoms with Gasteiger partial charge < -0.3 is 34.3 Å². The highest BCUT2D eigenvalue weighted by Crippen LogP contribution is 2.73. The Balaban J connectivity index is 0.000000108. The lowest BCUT2D eigenvalue weighted by Gasteiger charge is -2.59. The summed E-state index contributed by atoms with van der Waals surface area (Å²) in [6.45, 7) is 18.0. The van der Waals surface area contributed by atoms with Crippen LogP contribution in [0.25, 0.3) is 0 Å². The molecule has 0 bridgehead atoms. The highest BCUT2D eigenvalue weighted by atomic mass is 19.3. The quantitative estimate of drug-likeness (QED) is 0.217. The highest BCUT2D eigenvalue weighted by Gasteiger charge is 2.73. The Morgan fingerprint density at radius 1 is 0.354 bits per heavy atom. The van der Waals surface area contributed by atoms with Gasteiger partial charge in [0.2, 0.25) is 0 Å². The molecule has 18 fully saturated rings. The first-order chi connectivity index (χ1) is 46.2. The van der Waals surface area contributed by atoms with E-state index in [4.69, 9.17) is 18.9 Å². The van der Waals surface area contributed by atoms with E-state index in [-0.39, 0.29) is 162 Å². The maximum Gasteiger partial charge on any atom is 0.251 e. The third kappa shape index (κ3) is 11.7. The maximum atomic E-state index is 15.2. The lowest BCUT2D eigenvalue weighted by atomic mass is 9.48. The van der Waals surface area contributed by atoms with Gasteiger partial charge in [0.15, 0.2) is 11.6 Å². The van der Waals surface area contributed by atoms with E-state index in [1.165, 1.54) is 0 Å². The molecule has 0 aromatic heterocycles. The average molecular weight is 1410 g/mol. The van der Waals surface area contributed by atoms with Crippen molar-refractivity contribution >= 4 is 17.3 Å². The number of carbonyl (C=O) groups is 3.